The summed E-state index contributed by atoms with van der Waals surface area (Å²) in [5.74, 6) is 0.289. The van der Waals surface area contributed by atoms with E-state index in [1.165, 1.54) is 6.42 Å². The van der Waals surface area contributed by atoms with Gasteiger partial charge >= 0.3 is 0 Å². The summed E-state index contributed by atoms with van der Waals surface area (Å²) < 4.78 is 0. The smallest absolute Gasteiger partial charge is 0.269 e. The molecule has 0 saturated carbocycles. The third kappa shape index (κ3) is 3.91. The first kappa shape index (κ1) is 15.7. The summed E-state index contributed by atoms with van der Waals surface area (Å²) in [5.41, 5.74) is 5.42. The first-order valence-corrected chi connectivity index (χ1v) is 7.77. The molecule has 1 amide bonds. The Morgan fingerprint density at radius 1 is 1.48 bits per heavy atom. The summed E-state index contributed by atoms with van der Waals surface area (Å²) in [6, 6.07) is 4.32. The van der Waals surface area contributed by atoms with Gasteiger partial charge in [-0.2, -0.15) is 0 Å². The van der Waals surface area contributed by atoms with Gasteiger partial charge in [0.15, 0.2) is 11.5 Å². The second-order valence-electron chi connectivity index (χ2n) is 5.64. The summed E-state index contributed by atoms with van der Waals surface area (Å²) in [6.45, 7) is 6.40. The van der Waals surface area contributed by atoms with Crippen molar-refractivity contribution in [1.29, 1.82) is 0 Å². The number of carbonyl (C=O) groups excluding carboxylic acids is 1. The summed E-state index contributed by atoms with van der Waals surface area (Å²) in [6.07, 6.45) is 4.68. The molecule has 0 radical (unpaired) electrons. The minimum absolute atomic E-state index is 0.212. The van der Waals surface area contributed by atoms with Gasteiger partial charge < -0.3 is 16.0 Å². The lowest BCUT2D eigenvalue weighted by molar-refractivity contribution is 0.0994. The summed E-state index contributed by atoms with van der Waals surface area (Å²) >= 11 is 0. The molecule has 1 aromatic rings. The summed E-state index contributed by atoms with van der Waals surface area (Å²) in [4.78, 5) is 13.4. The van der Waals surface area contributed by atoms with Gasteiger partial charge in [0, 0.05) is 18.6 Å². The van der Waals surface area contributed by atoms with Crippen molar-refractivity contribution in [3.63, 3.8) is 0 Å². The van der Waals surface area contributed by atoms with Gasteiger partial charge in [-0.05, 0) is 51.3 Å². The van der Waals surface area contributed by atoms with E-state index in [2.05, 4.69) is 34.3 Å². The van der Waals surface area contributed by atoms with Gasteiger partial charge in [0.05, 0.1) is 0 Å². The van der Waals surface area contributed by atoms with Gasteiger partial charge in [-0.1, -0.05) is 6.92 Å². The highest BCUT2D eigenvalue weighted by Crippen LogP contribution is 2.24. The van der Waals surface area contributed by atoms with Crippen LogP contribution in [0.25, 0.3) is 0 Å². The zero-order chi connectivity index (χ0) is 15.2. The number of nitrogens with two attached hydrogens (primary N) is 1. The maximum absolute atomic E-state index is 11.1. The molecule has 2 heterocycles. The number of aromatic nitrogens is 2. The molecule has 0 spiro atoms. The molecule has 21 heavy (non-hydrogen) atoms. The number of nitrogens with one attached hydrogen (secondary N) is 1. The van der Waals surface area contributed by atoms with Gasteiger partial charge in [0.25, 0.3) is 5.91 Å². The predicted octanol–water partition coefficient (Wildman–Crippen LogP) is 1.32. The lowest BCUT2D eigenvalue weighted by Crippen LogP contribution is -2.51. The second kappa shape index (κ2) is 7.36. The molecule has 1 aliphatic heterocycles. The number of amides is 1. The van der Waals surface area contributed by atoms with Crippen LogP contribution in [-0.4, -0.2) is 41.3 Å². The number of anilines is 1. The average Bonchev–Trinajstić information content (AvgIpc) is 2.52. The van der Waals surface area contributed by atoms with Crippen molar-refractivity contribution in [2.45, 2.75) is 51.6 Å². The Labute approximate surface area is 126 Å². The van der Waals surface area contributed by atoms with Crippen LogP contribution in [0.2, 0.25) is 0 Å². The van der Waals surface area contributed by atoms with Crippen LogP contribution in [0.5, 0.6) is 0 Å². The monoisotopic (exact) mass is 291 g/mol. The van der Waals surface area contributed by atoms with E-state index in [0.29, 0.717) is 12.1 Å². The lowest BCUT2D eigenvalue weighted by atomic mass is 9.96. The molecule has 1 fully saturated rings. The Balaban J connectivity index is 2.12. The molecule has 3 N–H and O–H groups in total. The fourth-order valence-corrected chi connectivity index (χ4v) is 2.88. The topological polar surface area (TPSA) is 84.1 Å². The summed E-state index contributed by atoms with van der Waals surface area (Å²) in [7, 11) is 0. The van der Waals surface area contributed by atoms with Gasteiger partial charge in [0.2, 0.25) is 0 Å². The van der Waals surface area contributed by atoms with Gasteiger partial charge in [0.1, 0.15) is 0 Å². The van der Waals surface area contributed by atoms with E-state index in [1.54, 1.807) is 6.07 Å². The SMILES string of the molecule is CCCNC(C)C1CCCCN1c1ccc(C(N)=O)nn1. The maximum Gasteiger partial charge on any atom is 0.269 e. The number of primary amides is 1. The largest absolute Gasteiger partial charge is 0.364 e. The number of rotatable bonds is 6. The fraction of sp³-hybridized carbons (Fsp3) is 0.667. The minimum atomic E-state index is -0.540. The first-order chi connectivity index (χ1) is 10.1. The van der Waals surface area contributed by atoms with Crippen LogP contribution in [0.1, 0.15) is 50.0 Å². The van der Waals surface area contributed by atoms with E-state index in [9.17, 15) is 4.79 Å². The van der Waals surface area contributed by atoms with E-state index >= 15 is 0 Å². The third-order valence-electron chi connectivity index (χ3n) is 4.04. The maximum atomic E-state index is 11.1. The molecule has 116 valence electrons. The van der Waals surface area contributed by atoms with Crippen LogP contribution in [-0.2, 0) is 0 Å². The molecule has 1 aliphatic rings. The van der Waals surface area contributed by atoms with Crippen LogP contribution >= 0.6 is 0 Å². The highest BCUT2D eigenvalue weighted by Gasteiger charge is 2.28. The number of hydrogen-bond donors (Lipinski definition) is 2. The molecule has 2 unspecified atom stereocenters. The van der Waals surface area contributed by atoms with E-state index in [0.717, 1.165) is 38.2 Å². The van der Waals surface area contributed by atoms with Crippen LogP contribution in [0.15, 0.2) is 12.1 Å². The van der Waals surface area contributed by atoms with E-state index in [1.807, 2.05) is 6.07 Å². The van der Waals surface area contributed by atoms with Crippen LogP contribution in [0.3, 0.4) is 0 Å². The fourth-order valence-electron chi connectivity index (χ4n) is 2.88. The zero-order valence-corrected chi connectivity index (χ0v) is 12.9. The number of nitrogens with zero attached hydrogens (tertiary/aromatic N) is 3. The standard InChI is InChI=1S/C15H25N5O/c1-3-9-17-11(2)13-6-4-5-10-20(13)14-8-7-12(15(16)21)18-19-14/h7-8,11,13,17H,3-6,9-10H2,1-2H3,(H2,16,21). The van der Waals surface area contributed by atoms with Crippen molar-refractivity contribution in [2.24, 2.45) is 5.73 Å². The Morgan fingerprint density at radius 2 is 2.29 bits per heavy atom. The first-order valence-electron chi connectivity index (χ1n) is 7.77. The molecule has 6 nitrogen and oxygen atoms in total. The van der Waals surface area contributed by atoms with Crippen molar-refractivity contribution in [2.75, 3.05) is 18.0 Å². The molecular weight excluding hydrogens is 266 g/mol. The number of carbonyl (C=O) groups is 1. The highest BCUT2D eigenvalue weighted by atomic mass is 16.1. The zero-order valence-electron chi connectivity index (χ0n) is 12.9. The molecule has 1 saturated heterocycles. The van der Waals surface area contributed by atoms with Crippen molar-refractivity contribution in [3.8, 4) is 0 Å². The van der Waals surface area contributed by atoms with E-state index < -0.39 is 5.91 Å². The Kier molecular flexibility index (Phi) is 5.50. The van der Waals surface area contributed by atoms with Crippen LogP contribution in [0, 0.1) is 0 Å². The Hall–Kier alpha value is -1.69. The minimum Gasteiger partial charge on any atom is -0.364 e. The lowest BCUT2D eigenvalue weighted by Gasteiger charge is -2.40. The number of hydrogen-bond acceptors (Lipinski definition) is 5. The highest BCUT2D eigenvalue weighted by molar-refractivity contribution is 5.90. The normalized spacial score (nSPS) is 20.3. The van der Waals surface area contributed by atoms with E-state index in [-0.39, 0.29) is 5.69 Å². The van der Waals surface area contributed by atoms with Gasteiger partial charge in [-0.15, -0.1) is 10.2 Å². The van der Waals surface area contributed by atoms with Crippen molar-refractivity contribution in [3.05, 3.63) is 17.8 Å². The average molecular weight is 291 g/mol. The van der Waals surface area contributed by atoms with Crippen LogP contribution < -0.4 is 16.0 Å². The van der Waals surface area contributed by atoms with Crippen molar-refractivity contribution < 1.29 is 4.79 Å². The molecule has 1 aromatic heterocycles. The van der Waals surface area contributed by atoms with E-state index in [4.69, 9.17) is 5.73 Å². The Bertz CT molecular complexity index is 462. The van der Waals surface area contributed by atoms with Crippen LogP contribution in [0.4, 0.5) is 5.82 Å². The molecule has 0 bridgehead atoms. The van der Waals surface area contributed by atoms with Gasteiger partial charge in [-0.3, -0.25) is 4.79 Å². The van der Waals surface area contributed by atoms with Gasteiger partial charge in [-0.25, -0.2) is 0 Å². The van der Waals surface area contributed by atoms with Crippen molar-refractivity contribution >= 4 is 11.7 Å². The molecule has 0 aliphatic carbocycles. The third-order valence-corrected chi connectivity index (χ3v) is 4.04. The quantitative estimate of drug-likeness (QED) is 0.826. The molecule has 2 atom stereocenters. The summed E-state index contributed by atoms with van der Waals surface area (Å²) in [5, 5.41) is 11.7. The molecular formula is C15H25N5O. The molecule has 0 aromatic carbocycles. The molecule has 6 heteroatoms. The Morgan fingerprint density at radius 3 is 2.90 bits per heavy atom. The second-order valence-corrected chi connectivity index (χ2v) is 5.64. The van der Waals surface area contributed by atoms with Crippen molar-refractivity contribution in [1.82, 2.24) is 15.5 Å². The number of piperidine rings is 1. The predicted molar refractivity (Wildman–Crippen MR) is 83.3 cm³/mol. The molecule has 2 rings (SSSR count).